The summed E-state index contributed by atoms with van der Waals surface area (Å²) < 4.78 is 37.3. The summed E-state index contributed by atoms with van der Waals surface area (Å²) in [4.78, 5) is 10.2. The van der Waals surface area contributed by atoms with Crippen LogP contribution in [0.4, 0.5) is 5.69 Å². The monoisotopic (exact) mass is 380 g/mol. The molecule has 0 saturated carbocycles. The molecule has 0 radical (unpaired) electrons. The summed E-state index contributed by atoms with van der Waals surface area (Å²) in [5.41, 5.74) is 0.802. The summed E-state index contributed by atoms with van der Waals surface area (Å²) in [5, 5.41) is 11.0. The summed E-state index contributed by atoms with van der Waals surface area (Å²) >= 11 is 0. The molecule has 0 amide bonds. The molecule has 9 heteroatoms. The number of non-ortho nitro benzene ring substituents is 1. The zero-order valence-electron chi connectivity index (χ0n) is 14.9. The molecule has 0 aliphatic carbocycles. The minimum absolute atomic E-state index is 0.0393. The molecule has 0 spiro atoms. The molecule has 0 bridgehead atoms. The van der Waals surface area contributed by atoms with Gasteiger partial charge in [0.25, 0.3) is 5.69 Å². The van der Waals surface area contributed by atoms with Gasteiger partial charge in [-0.15, -0.1) is 0 Å². The van der Waals surface area contributed by atoms with Crippen LogP contribution in [0.25, 0.3) is 0 Å². The average molecular weight is 380 g/mol. The van der Waals surface area contributed by atoms with Gasteiger partial charge in [0.1, 0.15) is 11.5 Å². The first-order valence-electron chi connectivity index (χ1n) is 7.63. The highest BCUT2D eigenvalue weighted by Gasteiger charge is 2.26. The van der Waals surface area contributed by atoms with Crippen molar-refractivity contribution in [3.8, 4) is 11.5 Å². The van der Waals surface area contributed by atoms with Gasteiger partial charge in [-0.25, -0.2) is 8.42 Å². The minimum Gasteiger partial charge on any atom is -0.497 e. The predicted molar refractivity (Wildman–Crippen MR) is 96.0 cm³/mol. The maximum absolute atomic E-state index is 12.9. The molecule has 0 unspecified atom stereocenters. The van der Waals surface area contributed by atoms with Gasteiger partial charge < -0.3 is 9.47 Å². The van der Waals surface area contributed by atoms with Gasteiger partial charge in [0.05, 0.1) is 24.0 Å². The molecule has 2 rings (SSSR count). The third-order valence-corrected chi connectivity index (χ3v) is 5.90. The summed E-state index contributed by atoms with van der Waals surface area (Å²) in [6.07, 6.45) is 0. The first-order valence-corrected chi connectivity index (χ1v) is 9.07. The zero-order valence-corrected chi connectivity index (χ0v) is 15.7. The number of sulfonamides is 1. The molecule has 0 heterocycles. The molecule has 140 valence electrons. The zero-order chi connectivity index (χ0) is 19.5. The largest absolute Gasteiger partial charge is 0.497 e. The van der Waals surface area contributed by atoms with Crippen molar-refractivity contribution in [2.45, 2.75) is 18.4 Å². The fourth-order valence-corrected chi connectivity index (χ4v) is 3.84. The van der Waals surface area contributed by atoms with Crippen LogP contribution in [0.1, 0.15) is 11.1 Å². The van der Waals surface area contributed by atoms with Gasteiger partial charge in [-0.3, -0.25) is 10.1 Å². The van der Waals surface area contributed by atoms with E-state index in [9.17, 15) is 18.5 Å². The molecule has 0 aliphatic heterocycles. The van der Waals surface area contributed by atoms with Crippen LogP contribution < -0.4 is 9.47 Å². The highest BCUT2D eigenvalue weighted by molar-refractivity contribution is 7.89. The number of hydrogen-bond acceptors (Lipinski definition) is 6. The molecule has 8 nitrogen and oxygen atoms in total. The molecular weight excluding hydrogens is 360 g/mol. The van der Waals surface area contributed by atoms with Crippen LogP contribution in [-0.4, -0.2) is 38.9 Å². The minimum atomic E-state index is -3.92. The van der Waals surface area contributed by atoms with Gasteiger partial charge in [-0.2, -0.15) is 4.31 Å². The van der Waals surface area contributed by atoms with E-state index in [-0.39, 0.29) is 17.1 Å². The molecule has 0 fully saturated rings. The fraction of sp³-hybridized carbons (Fsp3) is 0.294. The van der Waals surface area contributed by atoms with E-state index in [0.29, 0.717) is 22.6 Å². The van der Waals surface area contributed by atoms with Gasteiger partial charge in [-0.05, 0) is 18.6 Å². The third-order valence-electron chi connectivity index (χ3n) is 3.96. The topological polar surface area (TPSA) is 99.0 Å². The Morgan fingerprint density at radius 1 is 1.12 bits per heavy atom. The molecule has 0 N–H and O–H groups in total. The molecule has 0 aliphatic rings. The lowest BCUT2D eigenvalue weighted by molar-refractivity contribution is -0.385. The van der Waals surface area contributed by atoms with Crippen LogP contribution in [0.15, 0.2) is 41.3 Å². The summed E-state index contributed by atoms with van der Waals surface area (Å²) in [5.74, 6) is 1.08. The van der Waals surface area contributed by atoms with Crippen molar-refractivity contribution < 1.29 is 22.8 Å². The fourth-order valence-electron chi connectivity index (χ4n) is 2.46. The van der Waals surface area contributed by atoms with E-state index in [4.69, 9.17) is 9.47 Å². The third kappa shape index (κ3) is 3.94. The van der Waals surface area contributed by atoms with Crippen molar-refractivity contribution in [2.24, 2.45) is 0 Å². The normalized spacial score (nSPS) is 11.4. The lowest BCUT2D eigenvalue weighted by Crippen LogP contribution is -2.27. The number of nitro benzene ring substituents is 1. The summed E-state index contributed by atoms with van der Waals surface area (Å²) in [6, 6.07) is 8.86. The van der Waals surface area contributed by atoms with Crippen molar-refractivity contribution in [1.29, 1.82) is 0 Å². The summed E-state index contributed by atoms with van der Waals surface area (Å²) in [6.45, 7) is 1.63. The highest BCUT2D eigenvalue weighted by Crippen LogP contribution is 2.29. The Bertz CT molecular complexity index is 927. The van der Waals surface area contributed by atoms with Gasteiger partial charge in [0.2, 0.25) is 10.0 Å². The Labute approximate surface area is 152 Å². The maximum atomic E-state index is 12.9. The Morgan fingerprint density at radius 3 is 2.38 bits per heavy atom. The number of nitro groups is 1. The predicted octanol–water partition coefficient (Wildman–Crippen LogP) is 2.74. The number of methoxy groups -OCH3 is 2. The van der Waals surface area contributed by atoms with Crippen molar-refractivity contribution >= 4 is 15.7 Å². The molecule has 0 aromatic heterocycles. The maximum Gasteiger partial charge on any atom is 0.270 e. The Hall–Kier alpha value is -2.65. The van der Waals surface area contributed by atoms with E-state index in [1.807, 2.05) is 0 Å². The van der Waals surface area contributed by atoms with E-state index in [2.05, 4.69) is 0 Å². The second-order valence-electron chi connectivity index (χ2n) is 5.65. The van der Waals surface area contributed by atoms with E-state index < -0.39 is 14.9 Å². The van der Waals surface area contributed by atoms with Crippen LogP contribution in [0.3, 0.4) is 0 Å². The van der Waals surface area contributed by atoms with E-state index in [1.54, 1.807) is 25.1 Å². The number of hydrogen-bond donors (Lipinski definition) is 0. The second kappa shape index (κ2) is 7.71. The number of nitrogens with zero attached hydrogens (tertiary/aromatic N) is 2. The van der Waals surface area contributed by atoms with Gasteiger partial charge in [-0.1, -0.05) is 12.1 Å². The standard InChI is InChI=1S/C17H20N2O6S/c1-12-5-7-14(19(20)21)9-17(12)26(22,23)18(2)11-13-6-8-15(24-3)10-16(13)25-4/h5-10H,11H2,1-4H3. The summed E-state index contributed by atoms with van der Waals surface area (Å²) in [7, 11) is 0.499. The smallest absolute Gasteiger partial charge is 0.270 e. The Balaban J connectivity index is 2.39. The van der Waals surface area contributed by atoms with Crippen LogP contribution in [0.5, 0.6) is 11.5 Å². The average Bonchev–Trinajstić information content (AvgIpc) is 2.61. The number of rotatable bonds is 7. The lowest BCUT2D eigenvalue weighted by Gasteiger charge is -2.20. The van der Waals surface area contributed by atoms with Gasteiger partial charge in [0, 0.05) is 37.4 Å². The number of ether oxygens (including phenoxy) is 2. The van der Waals surface area contributed by atoms with Crippen LogP contribution in [0.2, 0.25) is 0 Å². The second-order valence-corrected chi connectivity index (χ2v) is 7.66. The molecule has 2 aromatic carbocycles. The van der Waals surface area contributed by atoms with Crippen molar-refractivity contribution in [3.05, 3.63) is 57.6 Å². The van der Waals surface area contributed by atoms with Crippen LogP contribution >= 0.6 is 0 Å². The quantitative estimate of drug-likeness (QED) is 0.541. The van der Waals surface area contributed by atoms with Crippen molar-refractivity contribution in [1.82, 2.24) is 4.31 Å². The van der Waals surface area contributed by atoms with E-state index >= 15 is 0 Å². The Kier molecular flexibility index (Phi) is 5.83. The SMILES string of the molecule is COc1ccc(CN(C)S(=O)(=O)c2cc([N+](=O)[O-])ccc2C)c(OC)c1. The molecule has 0 atom stereocenters. The highest BCUT2D eigenvalue weighted by atomic mass is 32.2. The van der Waals surface area contributed by atoms with Gasteiger partial charge >= 0.3 is 0 Å². The number of aryl methyl sites for hydroxylation is 1. The van der Waals surface area contributed by atoms with Crippen LogP contribution in [-0.2, 0) is 16.6 Å². The van der Waals surface area contributed by atoms with E-state index in [1.165, 1.54) is 33.4 Å². The Morgan fingerprint density at radius 2 is 1.81 bits per heavy atom. The first kappa shape index (κ1) is 19.7. The van der Waals surface area contributed by atoms with Crippen molar-refractivity contribution in [2.75, 3.05) is 21.3 Å². The van der Waals surface area contributed by atoms with E-state index in [0.717, 1.165) is 10.4 Å². The number of benzene rings is 2. The molecule has 2 aromatic rings. The first-order chi connectivity index (χ1) is 12.2. The van der Waals surface area contributed by atoms with Crippen LogP contribution in [0, 0.1) is 17.0 Å². The molecular formula is C17H20N2O6S. The molecule has 26 heavy (non-hydrogen) atoms. The lowest BCUT2D eigenvalue weighted by atomic mass is 10.2. The van der Waals surface area contributed by atoms with Crippen molar-refractivity contribution in [3.63, 3.8) is 0 Å². The molecule has 0 saturated heterocycles. The van der Waals surface area contributed by atoms with Gasteiger partial charge in [0.15, 0.2) is 0 Å².